The number of nitrogens with two attached hydrogens (primary N) is 1. The maximum Gasteiger partial charge on any atom is 0.347 e. The fourth-order valence-corrected chi connectivity index (χ4v) is 1.23. The second kappa shape index (κ2) is 3.91. The summed E-state index contributed by atoms with van der Waals surface area (Å²) >= 11 is 0. The van der Waals surface area contributed by atoms with Crippen molar-refractivity contribution in [1.29, 1.82) is 0 Å². The number of anilines is 1. The highest BCUT2D eigenvalue weighted by Gasteiger charge is 1.97. The van der Waals surface area contributed by atoms with Crippen LogP contribution >= 0.6 is 0 Å². The first-order chi connectivity index (χ1) is 7.25. The lowest BCUT2D eigenvalue weighted by atomic mass is 10.3. The Bertz CT molecular complexity index is 503. The van der Waals surface area contributed by atoms with E-state index in [0.29, 0.717) is 12.4 Å². The lowest BCUT2D eigenvalue weighted by Crippen LogP contribution is -2.21. The van der Waals surface area contributed by atoms with Crippen LogP contribution in [0, 0.1) is 0 Å². The van der Waals surface area contributed by atoms with E-state index in [-0.39, 0.29) is 5.69 Å². The first-order valence-electron chi connectivity index (χ1n) is 4.47. The average Bonchev–Trinajstić information content (AvgIpc) is 2.25. The molecular weight excluding hydrogens is 192 g/mol. The fourth-order valence-electron chi connectivity index (χ4n) is 1.23. The van der Waals surface area contributed by atoms with E-state index in [9.17, 15) is 4.79 Å². The molecule has 0 aliphatic carbocycles. The van der Waals surface area contributed by atoms with Gasteiger partial charge in [-0.15, -0.1) is 0 Å². The van der Waals surface area contributed by atoms with E-state index in [0.717, 1.165) is 5.56 Å². The molecule has 0 bridgehead atoms. The Kier molecular flexibility index (Phi) is 2.45. The molecule has 5 nitrogen and oxygen atoms in total. The van der Waals surface area contributed by atoms with Gasteiger partial charge in [-0.3, -0.25) is 4.57 Å². The highest BCUT2D eigenvalue weighted by molar-refractivity contribution is 5.29. The molecule has 0 amide bonds. The molecule has 0 saturated carbocycles. The molecule has 0 aliphatic rings. The quantitative estimate of drug-likeness (QED) is 0.758. The van der Waals surface area contributed by atoms with Crippen LogP contribution in [0.1, 0.15) is 5.56 Å². The minimum absolute atomic E-state index is 0.269. The van der Waals surface area contributed by atoms with E-state index in [2.05, 4.69) is 9.97 Å². The highest BCUT2D eigenvalue weighted by atomic mass is 16.1. The van der Waals surface area contributed by atoms with Gasteiger partial charge in [0.2, 0.25) is 0 Å². The molecule has 0 unspecified atom stereocenters. The number of hydrogen-bond acceptors (Lipinski definition) is 4. The van der Waals surface area contributed by atoms with Gasteiger partial charge in [0.05, 0.1) is 6.54 Å². The third kappa shape index (κ3) is 2.19. The smallest absolute Gasteiger partial charge is 0.347 e. The molecule has 0 radical (unpaired) electrons. The second-order valence-electron chi connectivity index (χ2n) is 3.12. The second-order valence-corrected chi connectivity index (χ2v) is 3.12. The predicted molar refractivity (Wildman–Crippen MR) is 56.2 cm³/mol. The zero-order valence-electron chi connectivity index (χ0n) is 8.00. The third-order valence-corrected chi connectivity index (χ3v) is 1.98. The largest absolute Gasteiger partial charge is 0.384 e. The van der Waals surface area contributed by atoms with E-state index in [4.69, 9.17) is 5.73 Å². The molecule has 0 aromatic carbocycles. The zero-order chi connectivity index (χ0) is 10.7. The molecule has 15 heavy (non-hydrogen) atoms. The summed E-state index contributed by atoms with van der Waals surface area (Å²) in [6.07, 6.45) is 4.81. The van der Waals surface area contributed by atoms with Crippen LogP contribution in [0.3, 0.4) is 0 Å². The maximum atomic E-state index is 11.3. The van der Waals surface area contributed by atoms with Gasteiger partial charge in [-0.05, 0) is 17.7 Å². The van der Waals surface area contributed by atoms with Gasteiger partial charge in [0.1, 0.15) is 5.82 Å². The Morgan fingerprint density at radius 3 is 2.87 bits per heavy atom. The van der Waals surface area contributed by atoms with Crippen molar-refractivity contribution in [3.63, 3.8) is 0 Å². The summed E-state index contributed by atoms with van der Waals surface area (Å²) in [4.78, 5) is 18.9. The summed E-state index contributed by atoms with van der Waals surface area (Å²) in [6.45, 7) is 0.458. The minimum atomic E-state index is -0.269. The van der Waals surface area contributed by atoms with Gasteiger partial charge in [0, 0.05) is 18.6 Å². The molecule has 2 heterocycles. The van der Waals surface area contributed by atoms with Crippen molar-refractivity contribution in [3.05, 3.63) is 52.8 Å². The molecular formula is C10H10N4O. The van der Waals surface area contributed by atoms with Gasteiger partial charge in [0.15, 0.2) is 0 Å². The van der Waals surface area contributed by atoms with Gasteiger partial charge in [-0.25, -0.2) is 14.8 Å². The standard InChI is InChI=1S/C10H10N4O/c11-9-3-2-8(6-13-9)7-14-5-1-4-12-10(14)15/h1-6H,7H2,(H2,11,13). The van der Waals surface area contributed by atoms with Crippen molar-refractivity contribution >= 4 is 5.82 Å². The Morgan fingerprint density at radius 2 is 2.20 bits per heavy atom. The van der Waals surface area contributed by atoms with Gasteiger partial charge in [-0.1, -0.05) is 6.07 Å². The molecule has 2 rings (SSSR count). The van der Waals surface area contributed by atoms with Crippen molar-refractivity contribution in [1.82, 2.24) is 14.5 Å². The maximum absolute atomic E-state index is 11.3. The van der Waals surface area contributed by atoms with Crippen LogP contribution in [0.5, 0.6) is 0 Å². The van der Waals surface area contributed by atoms with E-state index >= 15 is 0 Å². The van der Waals surface area contributed by atoms with Crippen LogP contribution in [0.15, 0.2) is 41.6 Å². The summed E-state index contributed by atoms with van der Waals surface area (Å²) in [7, 11) is 0. The van der Waals surface area contributed by atoms with Crippen molar-refractivity contribution in [2.24, 2.45) is 0 Å². The Hall–Kier alpha value is -2.17. The highest BCUT2D eigenvalue weighted by Crippen LogP contribution is 2.01. The third-order valence-electron chi connectivity index (χ3n) is 1.98. The van der Waals surface area contributed by atoms with Crippen LogP contribution in [-0.2, 0) is 6.54 Å². The number of aromatic nitrogens is 3. The molecule has 0 aliphatic heterocycles. The number of pyridine rings is 1. The number of rotatable bonds is 2. The monoisotopic (exact) mass is 202 g/mol. The van der Waals surface area contributed by atoms with Gasteiger partial charge in [0.25, 0.3) is 0 Å². The Morgan fingerprint density at radius 1 is 1.33 bits per heavy atom. The SMILES string of the molecule is Nc1ccc(Cn2cccnc2=O)cn1. The Labute approximate surface area is 86.2 Å². The first-order valence-corrected chi connectivity index (χ1v) is 4.47. The fraction of sp³-hybridized carbons (Fsp3) is 0.100. The number of hydrogen-bond donors (Lipinski definition) is 1. The lowest BCUT2D eigenvalue weighted by Gasteiger charge is -2.03. The van der Waals surface area contributed by atoms with Crippen LogP contribution in [0.25, 0.3) is 0 Å². The Balaban J connectivity index is 2.26. The van der Waals surface area contributed by atoms with Crippen LogP contribution < -0.4 is 11.4 Å². The number of nitrogens with zero attached hydrogens (tertiary/aromatic N) is 3. The van der Waals surface area contributed by atoms with E-state index < -0.39 is 0 Å². The van der Waals surface area contributed by atoms with Crippen molar-refractivity contribution in [2.45, 2.75) is 6.54 Å². The van der Waals surface area contributed by atoms with Crippen LogP contribution in [0.4, 0.5) is 5.82 Å². The first kappa shape index (κ1) is 9.39. The summed E-state index contributed by atoms with van der Waals surface area (Å²) < 4.78 is 1.51. The molecule has 2 N–H and O–H groups in total. The molecule has 0 spiro atoms. The van der Waals surface area contributed by atoms with Gasteiger partial charge < -0.3 is 5.73 Å². The van der Waals surface area contributed by atoms with Crippen LogP contribution in [0.2, 0.25) is 0 Å². The molecule has 76 valence electrons. The van der Waals surface area contributed by atoms with Gasteiger partial charge in [-0.2, -0.15) is 0 Å². The number of nitrogen functional groups attached to an aromatic ring is 1. The normalized spacial score (nSPS) is 10.1. The minimum Gasteiger partial charge on any atom is -0.384 e. The van der Waals surface area contributed by atoms with Crippen molar-refractivity contribution in [2.75, 3.05) is 5.73 Å². The average molecular weight is 202 g/mol. The molecule has 2 aromatic heterocycles. The molecule has 5 heteroatoms. The van der Waals surface area contributed by atoms with E-state index in [1.165, 1.54) is 10.8 Å². The van der Waals surface area contributed by atoms with Crippen molar-refractivity contribution in [3.8, 4) is 0 Å². The van der Waals surface area contributed by atoms with Gasteiger partial charge >= 0.3 is 5.69 Å². The van der Waals surface area contributed by atoms with E-state index in [1.54, 1.807) is 24.5 Å². The summed E-state index contributed by atoms with van der Waals surface area (Å²) in [5, 5.41) is 0. The summed E-state index contributed by atoms with van der Waals surface area (Å²) in [6, 6.07) is 5.25. The lowest BCUT2D eigenvalue weighted by molar-refractivity contribution is 0.725. The molecule has 0 atom stereocenters. The summed E-state index contributed by atoms with van der Waals surface area (Å²) in [5.74, 6) is 0.470. The molecule has 0 fully saturated rings. The van der Waals surface area contributed by atoms with Crippen LogP contribution in [-0.4, -0.2) is 14.5 Å². The molecule has 2 aromatic rings. The van der Waals surface area contributed by atoms with E-state index in [1.807, 2.05) is 6.07 Å². The molecule has 0 saturated heterocycles. The van der Waals surface area contributed by atoms with Crippen molar-refractivity contribution < 1.29 is 0 Å². The topological polar surface area (TPSA) is 73.8 Å². The summed E-state index contributed by atoms with van der Waals surface area (Å²) in [5.41, 5.74) is 6.10. The zero-order valence-corrected chi connectivity index (χ0v) is 8.00. The predicted octanol–water partition coefficient (Wildman–Crippen LogP) is 0.269.